The van der Waals surface area contributed by atoms with Gasteiger partial charge in [0.1, 0.15) is 6.00 Å². The van der Waals surface area contributed by atoms with E-state index in [9.17, 15) is 4.79 Å². The number of nitrogens with zero attached hydrogens (tertiary/aromatic N) is 1. The van der Waals surface area contributed by atoms with Gasteiger partial charge >= 0.3 is 5.37 Å². The Labute approximate surface area is 114 Å². The lowest BCUT2D eigenvalue weighted by Gasteiger charge is -2.21. The zero-order chi connectivity index (χ0) is 12.1. The van der Waals surface area contributed by atoms with E-state index in [1.54, 1.807) is 18.2 Å². The first-order valence-electron chi connectivity index (χ1n) is 4.43. The van der Waals surface area contributed by atoms with Crippen LogP contribution in [0, 0.1) is 0 Å². The summed E-state index contributed by atoms with van der Waals surface area (Å²) in [5.74, 6) is 0.241. The Balaban J connectivity index is 3.16. The van der Waals surface area contributed by atoms with Crippen LogP contribution in [0.4, 0.5) is 10.5 Å². The van der Waals surface area contributed by atoms with E-state index in [4.69, 9.17) is 46.4 Å². The Hall–Kier alpha value is -0.150. The summed E-state index contributed by atoms with van der Waals surface area (Å²) in [6, 6.07) is 7.06. The van der Waals surface area contributed by atoms with Crippen molar-refractivity contribution in [1.29, 1.82) is 0 Å². The lowest BCUT2D eigenvalue weighted by atomic mass is 10.1. The second-order valence-corrected chi connectivity index (χ2v) is 4.38. The van der Waals surface area contributed by atoms with Gasteiger partial charge in [0.2, 0.25) is 0 Å². The van der Waals surface area contributed by atoms with Gasteiger partial charge in [-0.2, -0.15) is 0 Å². The van der Waals surface area contributed by atoms with Gasteiger partial charge in [-0.15, -0.1) is 34.8 Å². The van der Waals surface area contributed by atoms with Crippen LogP contribution in [0.5, 0.6) is 0 Å². The molecule has 0 saturated carbocycles. The Bertz CT molecular complexity index is 372. The summed E-state index contributed by atoms with van der Waals surface area (Å²) in [5, 5.41) is -1.04. The molecule has 1 atom stereocenters. The zero-order valence-electron chi connectivity index (χ0n) is 8.17. The van der Waals surface area contributed by atoms with Crippen LogP contribution >= 0.6 is 46.4 Å². The maximum absolute atomic E-state index is 11.2. The minimum absolute atomic E-state index is 0.0365. The van der Waals surface area contributed by atoms with E-state index in [1.165, 1.54) is 4.90 Å². The molecule has 0 radical (unpaired) electrons. The Kier molecular flexibility index (Phi) is 5.70. The molecule has 88 valence electrons. The standard InChI is InChI=1S/C10H9Cl4NO/c11-5-8(13)7-3-1-2-4-9(7)15(6-12)10(14)16/h1-4,8H,5-6H2. The van der Waals surface area contributed by atoms with Crippen LogP contribution in [0.15, 0.2) is 24.3 Å². The minimum Gasteiger partial charge on any atom is -0.284 e. The molecule has 0 bridgehead atoms. The number of alkyl halides is 3. The zero-order valence-corrected chi connectivity index (χ0v) is 11.2. The van der Waals surface area contributed by atoms with E-state index in [-0.39, 0.29) is 17.3 Å². The third-order valence-corrected chi connectivity index (χ3v) is 3.33. The van der Waals surface area contributed by atoms with Crippen LogP contribution in [0.2, 0.25) is 0 Å². The molecule has 0 fully saturated rings. The number of carbonyl (C=O) groups is 1. The molecular formula is C10H9Cl4NO. The molecular weight excluding hydrogens is 292 g/mol. The second-order valence-electron chi connectivity index (χ2n) is 2.98. The molecule has 0 heterocycles. The fourth-order valence-electron chi connectivity index (χ4n) is 1.29. The fourth-order valence-corrected chi connectivity index (χ4v) is 2.09. The number of benzene rings is 1. The summed E-state index contributed by atoms with van der Waals surface area (Å²) < 4.78 is 0. The molecule has 6 heteroatoms. The van der Waals surface area contributed by atoms with E-state index in [1.807, 2.05) is 6.07 Å². The third-order valence-electron chi connectivity index (χ3n) is 2.03. The van der Waals surface area contributed by atoms with Crippen LogP contribution in [0.25, 0.3) is 0 Å². The van der Waals surface area contributed by atoms with Crippen LogP contribution in [-0.2, 0) is 0 Å². The van der Waals surface area contributed by atoms with Gasteiger partial charge in [-0.05, 0) is 23.2 Å². The summed E-state index contributed by atoms with van der Waals surface area (Å²) in [7, 11) is 0. The van der Waals surface area contributed by atoms with Crippen molar-refractivity contribution in [2.24, 2.45) is 0 Å². The number of amides is 1. The topological polar surface area (TPSA) is 20.3 Å². The molecule has 16 heavy (non-hydrogen) atoms. The number of halogens is 4. The number of carbonyl (C=O) groups excluding carboxylic acids is 1. The molecule has 1 rings (SSSR count). The normalized spacial score (nSPS) is 12.2. The first-order chi connectivity index (χ1) is 7.61. The molecule has 0 aliphatic carbocycles. The molecule has 0 aliphatic rings. The van der Waals surface area contributed by atoms with Gasteiger partial charge < -0.3 is 0 Å². The molecule has 1 unspecified atom stereocenters. The highest BCUT2D eigenvalue weighted by atomic mass is 35.5. The van der Waals surface area contributed by atoms with E-state index in [0.717, 1.165) is 5.56 Å². The van der Waals surface area contributed by atoms with Crippen LogP contribution in [0.3, 0.4) is 0 Å². The van der Waals surface area contributed by atoms with Gasteiger partial charge in [-0.1, -0.05) is 18.2 Å². The molecule has 1 amide bonds. The van der Waals surface area contributed by atoms with Crippen molar-refractivity contribution >= 4 is 57.5 Å². The monoisotopic (exact) mass is 299 g/mol. The second kappa shape index (κ2) is 6.55. The molecule has 0 aromatic heterocycles. The lowest BCUT2D eigenvalue weighted by Crippen LogP contribution is -2.25. The summed E-state index contributed by atoms with van der Waals surface area (Å²) in [4.78, 5) is 12.4. The van der Waals surface area contributed by atoms with E-state index >= 15 is 0 Å². The maximum atomic E-state index is 11.2. The maximum Gasteiger partial charge on any atom is 0.321 e. The number of anilines is 1. The average Bonchev–Trinajstić information content (AvgIpc) is 2.29. The van der Waals surface area contributed by atoms with Gasteiger partial charge in [-0.25, -0.2) is 0 Å². The molecule has 1 aromatic carbocycles. The molecule has 0 aliphatic heterocycles. The average molecular weight is 301 g/mol. The van der Waals surface area contributed by atoms with Crippen molar-refractivity contribution in [2.45, 2.75) is 5.38 Å². The van der Waals surface area contributed by atoms with E-state index < -0.39 is 5.37 Å². The first kappa shape index (κ1) is 13.9. The highest BCUT2D eigenvalue weighted by Gasteiger charge is 2.19. The lowest BCUT2D eigenvalue weighted by molar-refractivity contribution is 0.265. The predicted molar refractivity (Wildman–Crippen MR) is 70.2 cm³/mol. The van der Waals surface area contributed by atoms with Crippen molar-refractivity contribution in [3.63, 3.8) is 0 Å². The fraction of sp³-hybridized carbons (Fsp3) is 0.300. The number of rotatable bonds is 4. The summed E-state index contributed by atoms with van der Waals surface area (Å²) >= 11 is 22.8. The van der Waals surface area contributed by atoms with Gasteiger partial charge in [0.25, 0.3) is 0 Å². The number of para-hydroxylation sites is 1. The minimum atomic E-state index is -0.652. The quantitative estimate of drug-likeness (QED) is 0.453. The molecule has 0 spiro atoms. The smallest absolute Gasteiger partial charge is 0.284 e. The highest BCUT2D eigenvalue weighted by Crippen LogP contribution is 2.32. The van der Waals surface area contributed by atoms with Crippen molar-refractivity contribution < 1.29 is 4.79 Å². The van der Waals surface area contributed by atoms with Crippen molar-refractivity contribution in [1.82, 2.24) is 0 Å². The van der Waals surface area contributed by atoms with Gasteiger partial charge in [-0.3, -0.25) is 9.69 Å². The van der Waals surface area contributed by atoms with Gasteiger partial charge in [0.15, 0.2) is 0 Å². The summed E-state index contributed by atoms with van der Waals surface area (Å²) in [6.45, 7) is 0. The summed E-state index contributed by atoms with van der Waals surface area (Å²) in [6.07, 6.45) is 0. The van der Waals surface area contributed by atoms with Crippen molar-refractivity contribution in [3.8, 4) is 0 Å². The van der Waals surface area contributed by atoms with Crippen molar-refractivity contribution in [3.05, 3.63) is 29.8 Å². The van der Waals surface area contributed by atoms with Gasteiger partial charge in [0.05, 0.1) is 11.1 Å². The van der Waals surface area contributed by atoms with Crippen LogP contribution < -0.4 is 4.90 Å². The number of hydrogen-bond donors (Lipinski definition) is 0. The molecule has 0 N–H and O–H groups in total. The molecule has 0 saturated heterocycles. The van der Waals surface area contributed by atoms with Crippen LogP contribution in [-0.4, -0.2) is 17.3 Å². The van der Waals surface area contributed by atoms with Crippen molar-refractivity contribution in [2.75, 3.05) is 16.8 Å². The SMILES string of the molecule is O=C(Cl)N(CCl)c1ccccc1C(Cl)CCl. The Morgan fingerprint density at radius 2 is 1.94 bits per heavy atom. The molecule has 1 aromatic rings. The molecule has 2 nitrogen and oxygen atoms in total. The predicted octanol–water partition coefficient (Wildman–Crippen LogP) is 4.57. The van der Waals surface area contributed by atoms with Gasteiger partial charge in [0, 0.05) is 5.88 Å². The Morgan fingerprint density at radius 3 is 2.44 bits per heavy atom. The third kappa shape index (κ3) is 3.17. The highest BCUT2D eigenvalue weighted by molar-refractivity contribution is 6.66. The van der Waals surface area contributed by atoms with Crippen LogP contribution in [0.1, 0.15) is 10.9 Å². The largest absolute Gasteiger partial charge is 0.321 e. The number of hydrogen-bond acceptors (Lipinski definition) is 1. The first-order valence-corrected chi connectivity index (χ1v) is 6.32. The van der Waals surface area contributed by atoms with E-state index in [2.05, 4.69) is 0 Å². The Morgan fingerprint density at radius 1 is 1.31 bits per heavy atom. The summed E-state index contributed by atoms with van der Waals surface area (Å²) in [5.41, 5.74) is 1.31. The van der Waals surface area contributed by atoms with E-state index in [0.29, 0.717) is 5.69 Å².